The van der Waals surface area contributed by atoms with Gasteiger partial charge in [-0.05, 0) is 24.3 Å². The third kappa shape index (κ3) is 3.36. The zero-order chi connectivity index (χ0) is 10.7. The highest BCUT2D eigenvalue weighted by Gasteiger charge is 2.21. The Labute approximate surface area is 102 Å². The summed E-state index contributed by atoms with van der Waals surface area (Å²) >= 11 is 8.45. The lowest BCUT2D eigenvalue weighted by Gasteiger charge is -2.09. The number of thiocarbonyl (C=S) groups is 1. The molecular weight excluding hydrogens is 251 g/mol. The second-order valence-electron chi connectivity index (χ2n) is 3.07. The predicted molar refractivity (Wildman–Crippen MR) is 68.3 cm³/mol. The fourth-order valence-electron chi connectivity index (χ4n) is 1.17. The van der Waals surface area contributed by atoms with Crippen LogP contribution >= 0.6 is 35.7 Å². The van der Waals surface area contributed by atoms with Gasteiger partial charge in [-0.1, -0.05) is 24.0 Å². The van der Waals surface area contributed by atoms with Crippen LogP contribution in [0.3, 0.4) is 0 Å². The number of benzene rings is 1. The van der Waals surface area contributed by atoms with Gasteiger partial charge in [0.25, 0.3) is 0 Å². The fourth-order valence-corrected chi connectivity index (χ4v) is 3.97. The molecule has 1 unspecified atom stereocenters. The second-order valence-corrected chi connectivity index (χ2v) is 6.59. The molecule has 1 aromatic rings. The van der Waals surface area contributed by atoms with Gasteiger partial charge in [0.1, 0.15) is 21.7 Å². The highest BCUT2D eigenvalue weighted by atomic mass is 32.2. The van der Waals surface area contributed by atoms with Crippen molar-refractivity contribution in [1.82, 2.24) is 0 Å². The number of hydrogen-bond donors (Lipinski definition) is 0. The van der Waals surface area contributed by atoms with Gasteiger partial charge in [0.05, 0.1) is 5.25 Å². The van der Waals surface area contributed by atoms with Crippen LogP contribution in [0, 0.1) is 5.82 Å². The molecule has 0 saturated carbocycles. The molecule has 1 heterocycles. The van der Waals surface area contributed by atoms with E-state index in [0.717, 1.165) is 9.28 Å². The maximum Gasteiger partial charge on any atom is 0.123 e. The summed E-state index contributed by atoms with van der Waals surface area (Å²) in [5.74, 6) is 1.47. The van der Waals surface area contributed by atoms with Crippen LogP contribution in [0.2, 0.25) is 0 Å². The quantitative estimate of drug-likeness (QED) is 0.770. The van der Waals surface area contributed by atoms with Gasteiger partial charge in [-0.25, -0.2) is 4.39 Å². The van der Waals surface area contributed by atoms with Crippen LogP contribution < -0.4 is 4.74 Å². The second kappa shape index (κ2) is 5.18. The van der Waals surface area contributed by atoms with Crippen LogP contribution in [0.1, 0.15) is 0 Å². The molecule has 0 amide bonds. The molecule has 5 heteroatoms. The molecule has 80 valence electrons. The topological polar surface area (TPSA) is 9.23 Å². The Balaban J connectivity index is 1.83. The van der Waals surface area contributed by atoms with Crippen molar-refractivity contribution >= 4 is 39.3 Å². The third-order valence-electron chi connectivity index (χ3n) is 1.90. The minimum Gasteiger partial charge on any atom is -0.492 e. The Hall–Kier alpha value is -0.260. The molecular formula is C10H9FOS3. The SMILES string of the molecule is Fc1ccc(OCC2CSC(=S)S2)cc1. The first-order valence-corrected chi connectivity index (χ1v) is 6.73. The Morgan fingerprint density at radius 2 is 2.13 bits per heavy atom. The Morgan fingerprint density at radius 1 is 1.40 bits per heavy atom. The average Bonchev–Trinajstić information content (AvgIpc) is 2.64. The molecule has 2 rings (SSSR count). The summed E-state index contributed by atoms with van der Waals surface area (Å²) in [6.45, 7) is 0.628. The van der Waals surface area contributed by atoms with Crippen molar-refractivity contribution in [2.75, 3.05) is 12.4 Å². The number of ether oxygens (including phenoxy) is 1. The lowest BCUT2D eigenvalue weighted by atomic mass is 10.3. The first kappa shape index (κ1) is 11.2. The normalized spacial score (nSPS) is 20.6. The molecule has 1 aromatic carbocycles. The van der Waals surface area contributed by atoms with Crippen molar-refractivity contribution in [3.63, 3.8) is 0 Å². The van der Waals surface area contributed by atoms with E-state index in [0.29, 0.717) is 17.6 Å². The van der Waals surface area contributed by atoms with Gasteiger partial charge >= 0.3 is 0 Å². The van der Waals surface area contributed by atoms with E-state index in [1.807, 2.05) is 0 Å². The van der Waals surface area contributed by atoms with Crippen LogP contribution in [0.25, 0.3) is 0 Å². The van der Waals surface area contributed by atoms with E-state index in [2.05, 4.69) is 0 Å². The van der Waals surface area contributed by atoms with E-state index < -0.39 is 0 Å². The molecule has 1 atom stereocenters. The van der Waals surface area contributed by atoms with E-state index in [1.54, 1.807) is 35.7 Å². The van der Waals surface area contributed by atoms with Gasteiger partial charge in [-0.2, -0.15) is 0 Å². The maximum absolute atomic E-state index is 12.6. The van der Waals surface area contributed by atoms with Gasteiger partial charge in [-0.3, -0.25) is 0 Å². The number of thioether (sulfide) groups is 2. The summed E-state index contributed by atoms with van der Waals surface area (Å²) in [6, 6.07) is 6.08. The number of halogens is 1. The summed E-state index contributed by atoms with van der Waals surface area (Å²) in [5, 5.41) is 0.424. The van der Waals surface area contributed by atoms with E-state index in [9.17, 15) is 4.39 Å². The smallest absolute Gasteiger partial charge is 0.123 e. The minimum absolute atomic E-state index is 0.241. The van der Waals surface area contributed by atoms with Crippen molar-refractivity contribution in [2.24, 2.45) is 0 Å². The fraction of sp³-hybridized carbons (Fsp3) is 0.300. The first-order chi connectivity index (χ1) is 7.24. The molecule has 0 aliphatic carbocycles. The summed E-state index contributed by atoms with van der Waals surface area (Å²) in [4.78, 5) is 0. The molecule has 15 heavy (non-hydrogen) atoms. The molecule has 0 N–H and O–H groups in total. The standard InChI is InChI=1S/C10H9FOS3/c11-7-1-3-8(4-2-7)12-5-9-6-14-10(13)15-9/h1-4,9H,5-6H2. The zero-order valence-electron chi connectivity index (χ0n) is 7.81. The van der Waals surface area contributed by atoms with Crippen LogP contribution in [0.15, 0.2) is 24.3 Å². The van der Waals surface area contributed by atoms with E-state index in [1.165, 1.54) is 12.1 Å². The van der Waals surface area contributed by atoms with Gasteiger partial charge in [0.15, 0.2) is 0 Å². The van der Waals surface area contributed by atoms with Crippen molar-refractivity contribution in [3.8, 4) is 5.75 Å². The highest BCUT2D eigenvalue weighted by molar-refractivity contribution is 8.49. The van der Waals surface area contributed by atoms with Gasteiger partial charge in [0.2, 0.25) is 0 Å². The van der Waals surface area contributed by atoms with Crippen molar-refractivity contribution in [3.05, 3.63) is 30.1 Å². The Bertz CT molecular complexity index is 352. The number of hydrogen-bond acceptors (Lipinski definition) is 4. The van der Waals surface area contributed by atoms with Gasteiger partial charge in [-0.15, -0.1) is 11.8 Å². The van der Waals surface area contributed by atoms with Crippen molar-refractivity contribution < 1.29 is 9.13 Å². The summed E-state index contributed by atoms with van der Waals surface area (Å²) < 4.78 is 19.1. The Kier molecular flexibility index (Phi) is 3.88. The third-order valence-corrected chi connectivity index (χ3v) is 5.03. The molecule has 0 aromatic heterocycles. The molecule has 0 spiro atoms. The molecule has 0 bridgehead atoms. The van der Waals surface area contributed by atoms with E-state index in [-0.39, 0.29) is 5.82 Å². The predicted octanol–water partition coefficient (Wildman–Crippen LogP) is 3.34. The van der Waals surface area contributed by atoms with E-state index in [4.69, 9.17) is 17.0 Å². The molecule has 0 radical (unpaired) electrons. The molecule has 1 fully saturated rings. The van der Waals surface area contributed by atoms with Crippen LogP contribution in [0.5, 0.6) is 5.75 Å². The lowest BCUT2D eigenvalue weighted by Crippen LogP contribution is -2.13. The van der Waals surface area contributed by atoms with Gasteiger partial charge in [0, 0.05) is 5.75 Å². The van der Waals surface area contributed by atoms with Crippen molar-refractivity contribution in [2.45, 2.75) is 5.25 Å². The lowest BCUT2D eigenvalue weighted by molar-refractivity contribution is 0.323. The largest absolute Gasteiger partial charge is 0.492 e. The molecule has 1 saturated heterocycles. The van der Waals surface area contributed by atoms with Crippen LogP contribution in [-0.4, -0.2) is 21.1 Å². The van der Waals surface area contributed by atoms with Crippen molar-refractivity contribution in [1.29, 1.82) is 0 Å². The summed E-state index contributed by atoms with van der Waals surface area (Å²) in [7, 11) is 0. The molecule has 1 aliphatic heterocycles. The van der Waals surface area contributed by atoms with Gasteiger partial charge < -0.3 is 4.74 Å². The average molecular weight is 260 g/mol. The monoisotopic (exact) mass is 260 g/mol. The first-order valence-electron chi connectivity index (χ1n) is 4.46. The Morgan fingerprint density at radius 3 is 2.73 bits per heavy atom. The van der Waals surface area contributed by atoms with Crippen LogP contribution in [-0.2, 0) is 0 Å². The van der Waals surface area contributed by atoms with E-state index >= 15 is 0 Å². The minimum atomic E-state index is -0.241. The highest BCUT2D eigenvalue weighted by Crippen LogP contribution is 2.33. The summed E-state index contributed by atoms with van der Waals surface area (Å²) in [5.41, 5.74) is 0. The maximum atomic E-state index is 12.6. The summed E-state index contributed by atoms with van der Waals surface area (Å²) in [6.07, 6.45) is 0. The van der Waals surface area contributed by atoms with Crippen LogP contribution in [0.4, 0.5) is 4.39 Å². The molecule has 1 aliphatic rings. The molecule has 1 nitrogen and oxygen atoms in total. The number of rotatable bonds is 3. The zero-order valence-corrected chi connectivity index (χ0v) is 10.3.